The first kappa shape index (κ1) is 22.7. The van der Waals surface area contributed by atoms with Crippen LogP contribution in [0.25, 0.3) is 0 Å². The predicted octanol–water partition coefficient (Wildman–Crippen LogP) is 5.45. The third-order valence-electron chi connectivity index (χ3n) is 4.93. The van der Waals surface area contributed by atoms with Crippen LogP contribution in [-0.2, 0) is 28.7 Å². The Kier molecular flexibility index (Phi) is 7.16. The van der Waals surface area contributed by atoms with Crippen molar-refractivity contribution in [2.45, 2.75) is 38.1 Å². The van der Waals surface area contributed by atoms with Gasteiger partial charge in [-0.25, -0.2) is 0 Å². The van der Waals surface area contributed by atoms with E-state index in [1.807, 2.05) is 0 Å². The molecule has 0 aromatic heterocycles. The Balaban J connectivity index is 1.72. The molecule has 2 aromatic rings. The first-order valence-corrected chi connectivity index (χ1v) is 10.0. The van der Waals surface area contributed by atoms with Gasteiger partial charge in [-0.05, 0) is 42.7 Å². The van der Waals surface area contributed by atoms with Gasteiger partial charge >= 0.3 is 12.1 Å². The zero-order valence-corrected chi connectivity index (χ0v) is 17.2. The summed E-state index contributed by atoms with van der Waals surface area (Å²) in [5, 5.41) is 10.7. The number of rotatable bonds is 6. The summed E-state index contributed by atoms with van der Waals surface area (Å²) in [6.07, 6.45) is -4.18. The Morgan fingerprint density at radius 2 is 1.87 bits per heavy atom. The van der Waals surface area contributed by atoms with E-state index in [0.717, 1.165) is 12.1 Å². The van der Waals surface area contributed by atoms with Crippen LogP contribution in [0.5, 0.6) is 5.75 Å². The van der Waals surface area contributed by atoms with Crippen molar-refractivity contribution in [3.8, 4) is 5.75 Å². The van der Waals surface area contributed by atoms with Gasteiger partial charge in [0.05, 0.1) is 24.2 Å². The minimum Gasteiger partial charge on any atom is -0.489 e. The number of hydrogen-bond donors (Lipinski definition) is 1. The molecular formula is C21H19Cl2F3O4. The van der Waals surface area contributed by atoms with Gasteiger partial charge in [0.25, 0.3) is 0 Å². The molecule has 1 aliphatic rings. The second-order valence-corrected chi connectivity index (χ2v) is 7.86. The Morgan fingerprint density at radius 3 is 2.50 bits per heavy atom. The number of cyclic esters (lactones) is 1. The lowest BCUT2D eigenvalue weighted by molar-refractivity contribution is -0.160. The molecule has 30 heavy (non-hydrogen) atoms. The van der Waals surface area contributed by atoms with Crippen molar-refractivity contribution in [1.82, 2.24) is 0 Å². The third kappa shape index (κ3) is 5.59. The number of aliphatic hydroxyl groups excluding tert-OH is 1. The molecule has 9 heteroatoms. The average Bonchev–Trinajstić information content (AvgIpc) is 2.67. The van der Waals surface area contributed by atoms with Crippen molar-refractivity contribution in [1.29, 1.82) is 0 Å². The van der Waals surface area contributed by atoms with E-state index < -0.39 is 29.7 Å². The Labute approximate surface area is 181 Å². The van der Waals surface area contributed by atoms with Crippen molar-refractivity contribution in [2.24, 2.45) is 5.92 Å². The Bertz CT molecular complexity index is 900. The standard InChI is InChI=1S/C21H19Cl2F3O4/c22-14-9-17(23)15(5-6-16-18(27)7-8-29-20(16)28)19(10-14)30-11-12-1-3-13(4-2-12)21(24,25)26/h1-4,9-10,16,18,27H,5-8,11H2. The Morgan fingerprint density at radius 1 is 1.17 bits per heavy atom. The number of benzene rings is 2. The second kappa shape index (κ2) is 9.45. The highest BCUT2D eigenvalue weighted by Crippen LogP contribution is 2.35. The first-order valence-electron chi connectivity index (χ1n) is 9.26. The molecule has 4 nitrogen and oxygen atoms in total. The summed E-state index contributed by atoms with van der Waals surface area (Å²) in [5.74, 6) is -0.745. The van der Waals surface area contributed by atoms with Crippen molar-refractivity contribution >= 4 is 29.2 Å². The van der Waals surface area contributed by atoms with Gasteiger partial charge < -0.3 is 14.6 Å². The van der Waals surface area contributed by atoms with E-state index in [4.69, 9.17) is 32.7 Å². The van der Waals surface area contributed by atoms with Gasteiger partial charge in [0.1, 0.15) is 12.4 Å². The number of alkyl halides is 3. The summed E-state index contributed by atoms with van der Waals surface area (Å²) >= 11 is 12.4. The van der Waals surface area contributed by atoms with Gasteiger partial charge in [0.2, 0.25) is 0 Å². The van der Waals surface area contributed by atoms with E-state index in [2.05, 4.69) is 0 Å². The van der Waals surface area contributed by atoms with Gasteiger partial charge in [0.15, 0.2) is 0 Å². The molecule has 1 aliphatic heterocycles. The van der Waals surface area contributed by atoms with Crippen molar-refractivity contribution < 1.29 is 32.5 Å². The van der Waals surface area contributed by atoms with Crippen LogP contribution in [0.15, 0.2) is 36.4 Å². The van der Waals surface area contributed by atoms with Crippen LogP contribution in [-0.4, -0.2) is 23.8 Å². The van der Waals surface area contributed by atoms with Crippen LogP contribution in [0.3, 0.4) is 0 Å². The van der Waals surface area contributed by atoms with Crippen LogP contribution < -0.4 is 4.74 Å². The molecule has 3 rings (SSSR count). The smallest absolute Gasteiger partial charge is 0.416 e. The summed E-state index contributed by atoms with van der Waals surface area (Å²) in [6, 6.07) is 7.74. The number of esters is 1. The fourth-order valence-corrected chi connectivity index (χ4v) is 3.83. The largest absolute Gasteiger partial charge is 0.489 e. The molecule has 162 valence electrons. The summed E-state index contributed by atoms with van der Waals surface area (Å²) in [6.45, 7) is 0.204. The predicted molar refractivity (Wildman–Crippen MR) is 106 cm³/mol. The molecule has 1 fully saturated rings. The maximum atomic E-state index is 12.7. The molecular weight excluding hydrogens is 444 g/mol. The number of aliphatic hydroxyl groups is 1. The first-order chi connectivity index (χ1) is 14.1. The minimum atomic E-state index is -4.40. The van der Waals surface area contributed by atoms with E-state index in [9.17, 15) is 23.1 Å². The molecule has 0 aliphatic carbocycles. The van der Waals surface area contributed by atoms with Crippen LogP contribution >= 0.6 is 23.2 Å². The molecule has 0 saturated carbocycles. The van der Waals surface area contributed by atoms with Gasteiger partial charge in [-0.1, -0.05) is 35.3 Å². The number of carbonyl (C=O) groups excluding carboxylic acids is 1. The molecule has 2 atom stereocenters. The summed E-state index contributed by atoms with van der Waals surface area (Å²) in [4.78, 5) is 11.9. The van der Waals surface area contributed by atoms with E-state index >= 15 is 0 Å². The number of ether oxygens (including phenoxy) is 2. The van der Waals surface area contributed by atoms with Gasteiger partial charge in [-0.15, -0.1) is 0 Å². The van der Waals surface area contributed by atoms with Crippen LogP contribution in [0.1, 0.15) is 29.5 Å². The highest BCUT2D eigenvalue weighted by molar-refractivity contribution is 6.35. The van der Waals surface area contributed by atoms with Crippen molar-refractivity contribution in [2.75, 3.05) is 6.61 Å². The zero-order chi connectivity index (χ0) is 21.9. The fraction of sp³-hybridized carbons (Fsp3) is 0.381. The fourth-order valence-electron chi connectivity index (χ4n) is 3.26. The molecule has 2 unspecified atom stereocenters. The SMILES string of the molecule is O=C1OCCC(O)C1CCc1c(Cl)cc(Cl)cc1OCc1ccc(C(F)(F)F)cc1. The van der Waals surface area contributed by atoms with Crippen LogP contribution in [0.2, 0.25) is 10.0 Å². The maximum absolute atomic E-state index is 12.7. The summed E-state index contributed by atoms with van der Waals surface area (Å²) in [7, 11) is 0. The Hall–Kier alpha value is -1.96. The van der Waals surface area contributed by atoms with E-state index in [1.54, 1.807) is 12.1 Å². The third-order valence-corrected chi connectivity index (χ3v) is 5.48. The van der Waals surface area contributed by atoms with Crippen LogP contribution in [0.4, 0.5) is 13.2 Å². The second-order valence-electron chi connectivity index (χ2n) is 7.02. The monoisotopic (exact) mass is 462 g/mol. The minimum absolute atomic E-state index is 0.00982. The van der Waals surface area contributed by atoms with E-state index in [0.29, 0.717) is 46.2 Å². The zero-order valence-electron chi connectivity index (χ0n) is 15.7. The highest BCUT2D eigenvalue weighted by Gasteiger charge is 2.32. The summed E-state index contributed by atoms with van der Waals surface area (Å²) in [5.41, 5.74) is 0.394. The highest BCUT2D eigenvalue weighted by atomic mass is 35.5. The van der Waals surface area contributed by atoms with Crippen molar-refractivity contribution in [3.63, 3.8) is 0 Å². The molecule has 1 heterocycles. The topological polar surface area (TPSA) is 55.8 Å². The van der Waals surface area contributed by atoms with Gasteiger partial charge in [-0.3, -0.25) is 4.79 Å². The van der Waals surface area contributed by atoms with Crippen LogP contribution in [0, 0.1) is 5.92 Å². The van der Waals surface area contributed by atoms with Gasteiger partial charge in [0, 0.05) is 22.0 Å². The normalized spacial score (nSPS) is 19.5. The molecule has 0 spiro atoms. The van der Waals surface area contributed by atoms with Gasteiger partial charge in [-0.2, -0.15) is 13.2 Å². The molecule has 1 N–H and O–H groups in total. The van der Waals surface area contributed by atoms with Crippen molar-refractivity contribution in [3.05, 3.63) is 63.1 Å². The lowest BCUT2D eigenvalue weighted by Crippen LogP contribution is -2.36. The molecule has 0 bridgehead atoms. The number of carbonyl (C=O) groups is 1. The molecule has 0 amide bonds. The molecule has 1 saturated heterocycles. The van der Waals surface area contributed by atoms with E-state index in [1.165, 1.54) is 12.1 Å². The average molecular weight is 463 g/mol. The lowest BCUT2D eigenvalue weighted by atomic mass is 9.91. The number of halogens is 5. The number of hydrogen-bond acceptors (Lipinski definition) is 4. The lowest BCUT2D eigenvalue weighted by Gasteiger charge is -2.26. The quantitative estimate of drug-likeness (QED) is 0.580. The maximum Gasteiger partial charge on any atom is 0.416 e. The molecule has 0 radical (unpaired) electrons. The van der Waals surface area contributed by atoms with E-state index in [-0.39, 0.29) is 13.2 Å². The summed E-state index contributed by atoms with van der Waals surface area (Å²) < 4.78 is 48.9. The molecule has 2 aromatic carbocycles.